The Kier molecular flexibility index (Phi) is 7.37. The minimum absolute atomic E-state index is 0.0507. The van der Waals surface area contributed by atoms with E-state index in [0.29, 0.717) is 11.8 Å². The fourth-order valence-electron chi connectivity index (χ4n) is 2.83. The van der Waals surface area contributed by atoms with Crippen molar-refractivity contribution >= 4 is 23.2 Å². The van der Waals surface area contributed by atoms with Crippen molar-refractivity contribution in [3.63, 3.8) is 0 Å². The molecule has 0 aliphatic carbocycles. The van der Waals surface area contributed by atoms with Crippen molar-refractivity contribution in [1.82, 2.24) is 20.1 Å². The summed E-state index contributed by atoms with van der Waals surface area (Å²) >= 11 is 6.17. The first-order chi connectivity index (χ1) is 15.6. The second kappa shape index (κ2) is 10.0. The largest absolute Gasteiger partial charge is 0.417 e. The van der Waals surface area contributed by atoms with Crippen LogP contribution in [-0.4, -0.2) is 26.7 Å². The lowest BCUT2D eigenvalue weighted by molar-refractivity contribution is -0.137. The molecule has 11 heteroatoms. The number of carbonyl (C=O) groups is 1. The van der Waals surface area contributed by atoms with Crippen LogP contribution in [0.1, 0.15) is 41.8 Å². The van der Waals surface area contributed by atoms with Crippen molar-refractivity contribution in [2.75, 3.05) is 5.32 Å². The quantitative estimate of drug-likeness (QED) is 0.523. The van der Waals surface area contributed by atoms with Gasteiger partial charge in [-0.05, 0) is 43.2 Å². The number of alkyl halides is 3. The molecule has 2 aromatic heterocycles. The fraction of sp³-hybridized carbons (Fsp3) is 0.273. The van der Waals surface area contributed by atoms with E-state index in [1.807, 2.05) is 19.9 Å². The van der Waals surface area contributed by atoms with E-state index in [0.717, 1.165) is 28.8 Å². The molecule has 0 spiro atoms. The summed E-state index contributed by atoms with van der Waals surface area (Å²) in [7, 11) is 0. The van der Waals surface area contributed by atoms with E-state index in [9.17, 15) is 22.8 Å². The van der Waals surface area contributed by atoms with Crippen molar-refractivity contribution in [2.45, 2.75) is 39.0 Å². The number of carbonyl (C=O) groups excluding carboxylic acids is 1. The first-order valence-electron chi connectivity index (χ1n) is 10.0. The van der Waals surface area contributed by atoms with Crippen LogP contribution in [0.2, 0.25) is 5.02 Å². The molecular weight excluding hydrogens is 459 g/mol. The van der Waals surface area contributed by atoms with E-state index in [1.165, 1.54) is 6.20 Å². The Balaban J connectivity index is 1.75. The third-order valence-corrected chi connectivity index (χ3v) is 5.24. The van der Waals surface area contributed by atoms with Crippen LogP contribution in [-0.2, 0) is 12.7 Å². The van der Waals surface area contributed by atoms with Gasteiger partial charge in [-0.1, -0.05) is 30.7 Å². The lowest BCUT2D eigenvalue weighted by Gasteiger charge is -2.13. The van der Waals surface area contributed by atoms with Crippen molar-refractivity contribution in [3.8, 4) is 5.82 Å². The zero-order valence-corrected chi connectivity index (χ0v) is 18.5. The highest BCUT2D eigenvalue weighted by Gasteiger charge is 2.30. The molecule has 33 heavy (non-hydrogen) atoms. The van der Waals surface area contributed by atoms with Crippen molar-refractivity contribution in [2.24, 2.45) is 0 Å². The van der Waals surface area contributed by atoms with Crippen molar-refractivity contribution < 1.29 is 18.0 Å². The molecule has 2 N–H and O–H groups in total. The van der Waals surface area contributed by atoms with Gasteiger partial charge in [0, 0.05) is 24.3 Å². The topological polar surface area (TPSA) is 88.9 Å². The van der Waals surface area contributed by atoms with Crippen LogP contribution >= 0.6 is 11.6 Å². The van der Waals surface area contributed by atoms with Gasteiger partial charge in [-0.25, -0.2) is 4.98 Å². The average molecular weight is 480 g/mol. The van der Waals surface area contributed by atoms with Crippen LogP contribution in [0.4, 0.5) is 18.9 Å². The molecule has 0 fully saturated rings. The Morgan fingerprint density at radius 3 is 2.61 bits per heavy atom. The lowest BCUT2D eigenvalue weighted by atomic mass is 10.1. The van der Waals surface area contributed by atoms with Gasteiger partial charge >= 0.3 is 6.18 Å². The van der Waals surface area contributed by atoms with Crippen LogP contribution < -0.4 is 16.2 Å². The van der Waals surface area contributed by atoms with Crippen LogP contribution in [0.25, 0.3) is 5.82 Å². The van der Waals surface area contributed by atoms with Gasteiger partial charge in [0.2, 0.25) is 0 Å². The SMILES string of the molecule is CCC(C)NC(=O)c1cccc(CNc2cnn(-c3ccc(C(F)(F)F)cn3)c(=O)c2Cl)c1. The molecular formula is C22H21ClF3N5O2. The standard InChI is InChI=1S/C22H21ClF3N5O2/c1-3-13(2)30-20(32)15-6-4-5-14(9-15)10-27-17-12-29-31(21(33)19(17)23)18-8-7-16(11-28-18)22(24,25)26/h4-9,11-13,27H,3,10H2,1-2H3,(H,30,32). The van der Waals surface area contributed by atoms with Gasteiger partial charge in [0.05, 0.1) is 17.4 Å². The van der Waals surface area contributed by atoms with Crippen molar-refractivity contribution in [3.05, 3.63) is 80.9 Å². The number of aromatic nitrogens is 3. The number of pyridine rings is 1. The molecule has 0 aliphatic heterocycles. The van der Waals surface area contributed by atoms with Gasteiger partial charge < -0.3 is 10.6 Å². The average Bonchev–Trinajstić information content (AvgIpc) is 2.79. The molecule has 0 bridgehead atoms. The zero-order valence-electron chi connectivity index (χ0n) is 17.8. The smallest absolute Gasteiger partial charge is 0.378 e. The van der Waals surface area contributed by atoms with Crippen molar-refractivity contribution in [1.29, 1.82) is 0 Å². The Hall–Kier alpha value is -3.40. The van der Waals surface area contributed by atoms with E-state index in [-0.39, 0.29) is 35.0 Å². The molecule has 174 valence electrons. The fourth-order valence-corrected chi connectivity index (χ4v) is 3.02. The van der Waals surface area contributed by atoms with Gasteiger partial charge in [0.15, 0.2) is 5.82 Å². The molecule has 1 aromatic carbocycles. The number of hydrogen-bond donors (Lipinski definition) is 2. The molecule has 1 unspecified atom stereocenters. The number of anilines is 1. The summed E-state index contributed by atoms with van der Waals surface area (Å²) in [5, 5.41) is 9.63. The second-order valence-electron chi connectivity index (χ2n) is 7.33. The van der Waals surface area contributed by atoms with Crippen LogP contribution in [0.5, 0.6) is 0 Å². The van der Waals surface area contributed by atoms with Gasteiger partial charge in [0.25, 0.3) is 11.5 Å². The molecule has 0 radical (unpaired) electrons. The Morgan fingerprint density at radius 2 is 1.97 bits per heavy atom. The summed E-state index contributed by atoms with van der Waals surface area (Å²) in [5.41, 5.74) is -0.169. The maximum Gasteiger partial charge on any atom is 0.417 e. The van der Waals surface area contributed by atoms with Crippen LogP contribution in [0.15, 0.2) is 53.6 Å². The highest BCUT2D eigenvalue weighted by molar-refractivity contribution is 6.32. The number of hydrogen-bond acceptors (Lipinski definition) is 5. The van der Waals surface area contributed by atoms with E-state index >= 15 is 0 Å². The maximum atomic E-state index is 12.7. The van der Waals surface area contributed by atoms with Gasteiger partial charge in [-0.3, -0.25) is 9.59 Å². The Bertz CT molecular complexity index is 1200. The molecule has 0 saturated heterocycles. The Labute approximate surface area is 192 Å². The first-order valence-corrected chi connectivity index (χ1v) is 10.4. The highest BCUT2D eigenvalue weighted by atomic mass is 35.5. The molecule has 3 rings (SSSR count). The molecule has 1 amide bonds. The summed E-state index contributed by atoms with van der Waals surface area (Å²) < 4.78 is 38.9. The van der Waals surface area contributed by atoms with Gasteiger partial charge in [0.1, 0.15) is 5.02 Å². The summed E-state index contributed by atoms with van der Waals surface area (Å²) in [6, 6.07) is 8.87. The number of nitrogens with one attached hydrogen (secondary N) is 2. The monoisotopic (exact) mass is 479 g/mol. The Morgan fingerprint density at radius 1 is 1.21 bits per heavy atom. The summed E-state index contributed by atoms with van der Waals surface area (Å²) in [6.45, 7) is 4.15. The second-order valence-corrected chi connectivity index (χ2v) is 7.71. The van der Waals surface area contributed by atoms with Gasteiger partial charge in [-0.15, -0.1) is 0 Å². The molecule has 7 nitrogen and oxygen atoms in total. The summed E-state index contributed by atoms with van der Waals surface area (Å²) in [5.74, 6) is -0.279. The number of nitrogens with zero attached hydrogens (tertiary/aromatic N) is 3. The number of rotatable bonds is 7. The van der Waals surface area contributed by atoms with E-state index in [2.05, 4.69) is 20.7 Å². The maximum absolute atomic E-state index is 12.7. The number of amides is 1. The van der Waals surface area contributed by atoms with Gasteiger partial charge in [-0.2, -0.15) is 23.0 Å². The summed E-state index contributed by atoms with van der Waals surface area (Å²) in [6.07, 6.45) is -1.83. The predicted molar refractivity (Wildman–Crippen MR) is 119 cm³/mol. The third kappa shape index (κ3) is 5.89. The zero-order chi connectivity index (χ0) is 24.2. The van der Waals surface area contributed by atoms with E-state index in [4.69, 9.17) is 11.6 Å². The highest BCUT2D eigenvalue weighted by Crippen LogP contribution is 2.28. The minimum Gasteiger partial charge on any atom is -0.378 e. The van der Waals surface area contributed by atoms with E-state index in [1.54, 1.807) is 18.2 Å². The molecule has 3 aromatic rings. The number of halogens is 4. The molecule has 2 heterocycles. The van der Waals surface area contributed by atoms with Crippen LogP contribution in [0, 0.1) is 0 Å². The molecule has 1 atom stereocenters. The van der Waals surface area contributed by atoms with E-state index < -0.39 is 17.3 Å². The normalized spacial score (nSPS) is 12.3. The lowest BCUT2D eigenvalue weighted by Crippen LogP contribution is -2.31. The first kappa shape index (κ1) is 24.2. The summed E-state index contributed by atoms with van der Waals surface area (Å²) in [4.78, 5) is 28.5. The third-order valence-electron chi connectivity index (χ3n) is 4.87. The molecule has 0 aliphatic rings. The minimum atomic E-state index is -4.54. The van der Waals surface area contributed by atoms with Crippen LogP contribution in [0.3, 0.4) is 0 Å². The predicted octanol–water partition coefficient (Wildman–Crippen LogP) is 4.44. The molecule has 0 saturated carbocycles. The number of benzene rings is 1.